The zero-order valence-corrected chi connectivity index (χ0v) is 12.5. The van der Waals surface area contributed by atoms with Crippen molar-refractivity contribution in [2.75, 3.05) is 25.1 Å². The van der Waals surface area contributed by atoms with Gasteiger partial charge in [-0.25, -0.2) is 0 Å². The van der Waals surface area contributed by atoms with E-state index in [1.807, 2.05) is 31.7 Å². The number of ether oxygens (including phenoxy) is 1. The molecule has 104 valence electrons. The number of pyridine rings is 1. The monoisotopic (exact) mass is 281 g/mol. The first-order chi connectivity index (χ1) is 8.90. The molecule has 0 fully saturated rings. The average molecular weight is 281 g/mol. The minimum atomic E-state index is -0.303. The maximum absolute atomic E-state index is 11.5. The molecule has 0 saturated heterocycles. The summed E-state index contributed by atoms with van der Waals surface area (Å²) >= 11 is 5.08. The molecule has 0 atom stereocenters. The number of nitrogens with two attached hydrogens (primary N) is 1. The molecule has 0 amide bonds. The van der Waals surface area contributed by atoms with Gasteiger partial charge in [-0.1, -0.05) is 12.2 Å². The van der Waals surface area contributed by atoms with Crippen LogP contribution < -0.4 is 10.6 Å². The van der Waals surface area contributed by atoms with Crippen LogP contribution in [0.4, 0.5) is 5.69 Å². The van der Waals surface area contributed by atoms with Crippen molar-refractivity contribution in [1.29, 1.82) is 0 Å². The van der Waals surface area contributed by atoms with Crippen LogP contribution in [0.15, 0.2) is 6.07 Å². The Morgan fingerprint density at radius 3 is 2.63 bits per heavy atom. The highest BCUT2D eigenvalue weighted by atomic mass is 32.1. The second-order valence-electron chi connectivity index (χ2n) is 4.20. The molecule has 6 heteroatoms. The molecule has 0 aliphatic heterocycles. The number of aryl methyl sites for hydroxylation is 2. The lowest BCUT2D eigenvalue weighted by Crippen LogP contribution is -2.32. The molecule has 2 N–H and O–H groups in total. The molecule has 0 unspecified atom stereocenters. The molecule has 0 aliphatic rings. The minimum absolute atomic E-state index is 0.158. The van der Waals surface area contributed by atoms with Crippen molar-refractivity contribution in [2.24, 2.45) is 5.73 Å². The highest BCUT2D eigenvalue weighted by Crippen LogP contribution is 2.24. The number of anilines is 1. The van der Waals surface area contributed by atoms with E-state index in [0.29, 0.717) is 12.1 Å². The van der Waals surface area contributed by atoms with Crippen LogP contribution in [0.3, 0.4) is 0 Å². The quantitative estimate of drug-likeness (QED) is 0.649. The van der Waals surface area contributed by atoms with E-state index < -0.39 is 0 Å². The van der Waals surface area contributed by atoms with Gasteiger partial charge < -0.3 is 15.4 Å². The number of methoxy groups -OCH3 is 1. The third-order valence-electron chi connectivity index (χ3n) is 2.82. The highest BCUT2D eigenvalue weighted by Gasteiger charge is 2.18. The van der Waals surface area contributed by atoms with Gasteiger partial charge in [0.15, 0.2) is 0 Å². The lowest BCUT2D eigenvalue weighted by atomic mass is 10.1. The van der Waals surface area contributed by atoms with Crippen LogP contribution in [0.25, 0.3) is 0 Å². The Bertz CT molecular complexity index is 503. The van der Waals surface area contributed by atoms with Crippen molar-refractivity contribution >= 4 is 28.9 Å². The molecule has 0 aliphatic carbocycles. The fourth-order valence-corrected chi connectivity index (χ4v) is 2.20. The van der Waals surface area contributed by atoms with Crippen LogP contribution >= 0.6 is 12.2 Å². The summed E-state index contributed by atoms with van der Waals surface area (Å²) in [6, 6.07) is 1.88. The van der Waals surface area contributed by atoms with E-state index in [9.17, 15) is 4.79 Å². The van der Waals surface area contributed by atoms with Gasteiger partial charge in [-0.2, -0.15) is 0 Å². The van der Waals surface area contributed by atoms with Crippen molar-refractivity contribution in [3.63, 3.8) is 0 Å². The normalized spacial score (nSPS) is 10.1. The average Bonchev–Trinajstić information content (AvgIpc) is 2.33. The molecule has 0 saturated carbocycles. The number of hydrogen-bond donors (Lipinski definition) is 1. The van der Waals surface area contributed by atoms with Gasteiger partial charge in [-0.05, 0) is 26.8 Å². The first kappa shape index (κ1) is 15.4. The number of esters is 1. The maximum atomic E-state index is 11.5. The van der Waals surface area contributed by atoms with Crippen molar-refractivity contribution in [1.82, 2.24) is 4.98 Å². The van der Waals surface area contributed by atoms with E-state index in [1.165, 1.54) is 7.11 Å². The first-order valence-corrected chi connectivity index (χ1v) is 6.41. The van der Waals surface area contributed by atoms with Gasteiger partial charge in [0.25, 0.3) is 0 Å². The van der Waals surface area contributed by atoms with E-state index in [1.54, 1.807) is 0 Å². The van der Waals surface area contributed by atoms with Crippen LogP contribution in [0.5, 0.6) is 0 Å². The van der Waals surface area contributed by atoms with Crippen molar-refractivity contribution in [2.45, 2.75) is 20.8 Å². The number of nitrogens with zero attached hydrogens (tertiary/aromatic N) is 2. The van der Waals surface area contributed by atoms with E-state index in [4.69, 9.17) is 22.7 Å². The molecule has 0 radical (unpaired) electrons. The van der Waals surface area contributed by atoms with Gasteiger partial charge in [-0.3, -0.25) is 9.78 Å². The van der Waals surface area contributed by atoms with Crippen LogP contribution in [0.1, 0.15) is 23.9 Å². The van der Waals surface area contributed by atoms with Crippen molar-refractivity contribution in [3.05, 3.63) is 23.0 Å². The lowest BCUT2D eigenvalue weighted by Gasteiger charge is -2.25. The standard InChI is InChI=1S/C13H19N3O2S/c1-5-16(7-11(17)18-4)10-6-8(2)15-9(3)12(10)13(14)19/h6H,5,7H2,1-4H3,(H2,14,19). The van der Waals surface area contributed by atoms with Gasteiger partial charge >= 0.3 is 5.97 Å². The third kappa shape index (κ3) is 3.64. The van der Waals surface area contributed by atoms with Gasteiger partial charge in [0.1, 0.15) is 11.5 Å². The molecule has 0 bridgehead atoms. The summed E-state index contributed by atoms with van der Waals surface area (Å²) in [4.78, 5) is 18.0. The number of likely N-dealkylation sites (N-methyl/N-ethyl adjacent to an activating group) is 1. The second kappa shape index (κ2) is 6.47. The third-order valence-corrected chi connectivity index (χ3v) is 3.03. The SMILES string of the molecule is CCN(CC(=O)OC)c1cc(C)nc(C)c1C(N)=S. The summed E-state index contributed by atoms with van der Waals surface area (Å²) in [6.45, 7) is 6.51. The zero-order valence-electron chi connectivity index (χ0n) is 11.7. The van der Waals surface area contributed by atoms with Crippen LogP contribution in [-0.2, 0) is 9.53 Å². The summed E-state index contributed by atoms with van der Waals surface area (Å²) in [6.07, 6.45) is 0. The minimum Gasteiger partial charge on any atom is -0.468 e. The Hall–Kier alpha value is -1.69. The summed E-state index contributed by atoms with van der Waals surface area (Å²) in [5, 5.41) is 0. The number of aromatic nitrogens is 1. The summed E-state index contributed by atoms with van der Waals surface area (Å²) in [5.41, 5.74) is 8.94. The second-order valence-corrected chi connectivity index (χ2v) is 4.64. The van der Waals surface area contributed by atoms with Gasteiger partial charge in [0.05, 0.1) is 18.4 Å². The number of carbonyl (C=O) groups excluding carboxylic acids is 1. The predicted molar refractivity (Wildman–Crippen MR) is 79.5 cm³/mol. The van der Waals surface area contributed by atoms with Gasteiger partial charge in [-0.15, -0.1) is 0 Å². The fraction of sp³-hybridized carbons (Fsp3) is 0.462. The van der Waals surface area contributed by atoms with E-state index >= 15 is 0 Å². The molecule has 1 heterocycles. The Labute approximate surface area is 118 Å². The largest absolute Gasteiger partial charge is 0.468 e. The van der Waals surface area contributed by atoms with Gasteiger partial charge in [0.2, 0.25) is 0 Å². The highest BCUT2D eigenvalue weighted by molar-refractivity contribution is 7.80. The first-order valence-electron chi connectivity index (χ1n) is 6.00. The number of rotatable bonds is 5. The molecule has 5 nitrogen and oxygen atoms in total. The molecular formula is C13H19N3O2S. The molecular weight excluding hydrogens is 262 g/mol. The molecule has 1 aromatic rings. The molecule has 0 aromatic carbocycles. The van der Waals surface area contributed by atoms with E-state index in [0.717, 1.165) is 17.1 Å². The Balaban J connectivity index is 3.29. The Kier molecular flexibility index (Phi) is 5.23. The predicted octanol–water partition coefficient (Wildman–Crippen LogP) is 1.33. The zero-order chi connectivity index (χ0) is 14.6. The van der Waals surface area contributed by atoms with Crippen molar-refractivity contribution < 1.29 is 9.53 Å². The van der Waals surface area contributed by atoms with E-state index in [-0.39, 0.29) is 17.5 Å². The molecule has 19 heavy (non-hydrogen) atoms. The van der Waals surface area contributed by atoms with Crippen LogP contribution in [-0.4, -0.2) is 36.1 Å². The van der Waals surface area contributed by atoms with E-state index in [2.05, 4.69) is 4.98 Å². The molecule has 0 spiro atoms. The number of thiocarbonyl (C=S) groups is 1. The maximum Gasteiger partial charge on any atom is 0.325 e. The number of hydrogen-bond acceptors (Lipinski definition) is 5. The Morgan fingerprint density at radius 1 is 1.53 bits per heavy atom. The van der Waals surface area contributed by atoms with Crippen LogP contribution in [0, 0.1) is 13.8 Å². The van der Waals surface area contributed by atoms with Crippen LogP contribution in [0.2, 0.25) is 0 Å². The molecule has 1 aromatic heterocycles. The lowest BCUT2D eigenvalue weighted by molar-refractivity contribution is -0.138. The number of carbonyl (C=O) groups is 1. The van der Waals surface area contributed by atoms with Crippen molar-refractivity contribution in [3.8, 4) is 0 Å². The smallest absolute Gasteiger partial charge is 0.325 e. The summed E-state index contributed by atoms with van der Waals surface area (Å²) in [5.74, 6) is -0.303. The van der Waals surface area contributed by atoms with Gasteiger partial charge in [0, 0.05) is 17.9 Å². The Morgan fingerprint density at radius 2 is 2.16 bits per heavy atom. The fourth-order valence-electron chi connectivity index (χ4n) is 1.95. The summed E-state index contributed by atoms with van der Waals surface area (Å²) < 4.78 is 4.70. The molecule has 1 rings (SSSR count). The topological polar surface area (TPSA) is 68.5 Å². The summed E-state index contributed by atoms with van der Waals surface area (Å²) in [7, 11) is 1.37.